The minimum atomic E-state index is -0.552. The number of hydrogen-bond donors (Lipinski definition) is 3. The molecule has 0 bridgehead atoms. The third kappa shape index (κ3) is 2.86. The van der Waals surface area contributed by atoms with Crippen LogP contribution in [-0.2, 0) is 4.74 Å². The quantitative estimate of drug-likeness (QED) is 0.522. The summed E-state index contributed by atoms with van der Waals surface area (Å²) >= 11 is 0. The summed E-state index contributed by atoms with van der Waals surface area (Å²) in [7, 11) is 1.51. The third-order valence-electron chi connectivity index (χ3n) is 2.30. The van der Waals surface area contributed by atoms with Crippen LogP contribution in [0.25, 0.3) is 0 Å². The van der Waals surface area contributed by atoms with Crippen molar-refractivity contribution in [3.05, 3.63) is 0 Å². The lowest BCUT2D eigenvalue weighted by Gasteiger charge is -2.30. The lowest BCUT2D eigenvalue weighted by molar-refractivity contribution is 0.0134. The van der Waals surface area contributed by atoms with Crippen molar-refractivity contribution in [1.29, 1.82) is 0 Å². The summed E-state index contributed by atoms with van der Waals surface area (Å²) in [6.07, 6.45) is 0.661. The van der Waals surface area contributed by atoms with Crippen LogP contribution in [0, 0.1) is 0 Å². The number of nitrogens with two attached hydrogens (primary N) is 1. The first-order valence-electron chi connectivity index (χ1n) is 4.45. The van der Waals surface area contributed by atoms with Crippen LogP contribution in [0.4, 0.5) is 4.79 Å². The Morgan fingerprint density at radius 2 is 2.31 bits per heavy atom. The zero-order valence-electron chi connectivity index (χ0n) is 7.69. The van der Waals surface area contributed by atoms with E-state index in [0.29, 0.717) is 12.8 Å². The molecule has 1 rings (SSSR count). The van der Waals surface area contributed by atoms with Crippen LogP contribution in [0.2, 0.25) is 0 Å². The van der Waals surface area contributed by atoms with E-state index in [1.807, 2.05) is 0 Å². The van der Waals surface area contributed by atoms with Crippen LogP contribution in [0.5, 0.6) is 0 Å². The molecule has 1 amide bonds. The summed E-state index contributed by atoms with van der Waals surface area (Å²) < 4.78 is 4.99. The Bertz CT molecular complexity index is 186. The zero-order chi connectivity index (χ0) is 9.84. The normalized spacial score (nSPS) is 33.9. The molecule has 0 spiro atoms. The molecule has 0 saturated heterocycles. The predicted octanol–water partition coefficient (Wildman–Crippen LogP) is -0.417. The van der Waals surface area contributed by atoms with Gasteiger partial charge in [0.1, 0.15) is 6.10 Å². The van der Waals surface area contributed by atoms with Crippen LogP contribution >= 0.6 is 0 Å². The molecule has 5 heteroatoms. The van der Waals surface area contributed by atoms with Gasteiger partial charge in [-0.3, -0.25) is 0 Å². The Labute approximate surface area is 77.2 Å². The molecule has 0 unspecified atom stereocenters. The Morgan fingerprint density at radius 3 is 2.85 bits per heavy atom. The number of amides is 1. The average molecular weight is 188 g/mol. The molecule has 0 aromatic carbocycles. The van der Waals surface area contributed by atoms with E-state index in [-0.39, 0.29) is 12.1 Å². The number of alkyl carbamates (subject to hydrolysis) is 1. The lowest BCUT2D eigenvalue weighted by atomic mass is 9.91. The Morgan fingerprint density at radius 1 is 1.62 bits per heavy atom. The number of rotatable bonds is 1. The standard InChI is InChI=1S/C8H16N2O3/c1-10-8(12)13-5-2-3-6(9)7(11)4-5/h5-7,11H,2-4,9H2,1H3,(H,10,12)/t5-,6-,7-/m0/s1. The number of aliphatic hydroxyl groups excluding tert-OH is 1. The molecule has 3 atom stereocenters. The molecule has 0 aromatic rings. The van der Waals surface area contributed by atoms with Gasteiger partial charge in [0.25, 0.3) is 0 Å². The number of hydrogen-bond acceptors (Lipinski definition) is 4. The van der Waals surface area contributed by atoms with E-state index in [9.17, 15) is 9.90 Å². The second kappa shape index (κ2) is 4.43. The van der Waals surface area contributed by atoms with Crippen molar-refractivity contribution in [2.24, 2.45) is 5.73 Å². The van der Waals surface area contributed by atoms with Gasteiger partial charge in [-0.25, -0.2) is 4.79 Å². The first-order chi connectivity index (χ1) is 6.13. The van der Waals surface area contributed by atoms with E-state index in [1.165, 1.54) is 7.05 Å². The molecule has 1 fully saturated rings. The van der Waals surface area contributed by atoms with E-state index in [4.69, 9.17) is 10.5 Å². The Kier molecular flexibility index (Phi) is 3.50. The second-order valence-electron chi connectivity index (χ2n) is 3.32. The van der Waals surface area contributed by atoms with Gasteiger partial charge in [-0.05, 0) is 12.8 Å². The van der Waals surface area contributed by atoms with E-state index in [0.717, 1.165) is 6.42 Å². The highest BCUT2D eigenvalue weighted by atomic mass is 16.6. The SMILES string of the molecule is CNC(=O)O[C@H]1CC[C@H](N)[C@@H](O)C1. The number of ether oxygens (including phenoxy) is 1. The maximum Gasteiger partial charge on any atom is 0.407 e. The Balaban J connectivity index is 2.33. The monoisotopic (exact) mass is 188 g/mol. The highest BCUT2D eigenvalue weighted by Gasteiger charge is 2.28. The molecular weight excluding hydrogens is 172 g/mol. The maximum atomic E-state index is 10.8. The molecule has 1 aliphatic carbocycles. The Hall–Kier alpha value is -0.810. The molecule has 0 aliphatic heterocycles. The van der Waals surface area contributed by atoms with Gasteiger partial charge in [0.15, 0.2) is 0 Å². The van der Waals surface area contributed by atoms with Gasteiger partial charge in [0, 0.05) is 19.5 Å². The van der Waals surface area contributed by atoms with Crippen molar-refractivity contribution in [1.82, 2.24) is 5.32 Å². The van der Waals surface area contributed by atoms with Gasteiger partial charge < -0.3 is 20.9 Å². The molecule has 0 radical (unpaired) electrons. The van der Waals surface area contributed by atoms with E-state index in [1.54, 1.807) is 0 Å². The minimum Gasteiger partial charge on any atom is -0.446 e. The summed E-state index contributed by atoms with van der Waals surface area (Å²) in [6, 6.07) is -0.176. The summed E-state index contributed by atoms with van der Waals surface area (Å²) in [5, 5.41) is 11.8. The number of carbonyl (C=O) groups is 1. The highest BCUT2D eigenvalue weighted by Crippen LogP contribution is 2.20. The van der Waals surface area contributed by atoms with Gasteiger partial charge in [0.05, 0.1) is 6.10 Å². The van der Waals surface area contributed by atoms with Gasteiger partial charge in [-0.2, -0.15) is 0 Å². The molecule has 0 aromatic heterocycles. The van der Waals surface area contributed by atoms with Crippen molar-refractivity contribution >= 4 is 6.09 Å². The first kappa shape index (κ1) is 10.3. The fourth-order valence-electron chi connectivity index (χ4n) is 1.45. The van der Waals surface area contributed by atoms with Crippen LogP contribution in [-0.4, -0.2) is 36.5 Å². The van der Waals surface area contributed by atoms with Crippen molar-refractivity contribution in [2.45, 2.75) is 37.5 Å². The predicted molar refractivity (Wildman–Crippen MR) is 47.2 cm³/mol. The minimum absolute atomic E-state index is 0.176. The second-order valence-corrected chi connectivity index (χ2v) is 3.32. The summed E-state index contributed by atoms with van der Waals surface area (Å²) in [5.41, 5.74) is 5.60. The van der Waals surface area contributed by atoms with Crippen molar-refractivity contribution in [3.63, 3.8) is 0 Å². The molecule has 1 saturated carbocycles. The molecule has 13 heavy (non-hydrogen) atoms. The summed E-state index contributed by atoms with van der Waals surface area (Å²) in [4.78, 5) is 10.8. The fraction of sp³-hybridized carbons (Fsp3) is 0.875. The highest BCUT2D eigenvalue weighted by molar-refractivity contribution is 5.66. The van der Waals surface area contributed by atoms with Gasteiger partial charge in [0.2, 0.25) is 0 Å². The van der Waals surface area contributed by atoms with Crippen LogP contribution in [0.15, 0.2) is 0 Å². The van der Waals surface area contributed by atoms with E-state index < -0.39 is 12.2 Å². The van der Waals surface area contributed by atoms with E-state index in [2.05, 4.69) is 5.32 Å². The molecular formula is C8H16N2O3. The number of nitrogens with one attached hydrogen (secondary N) is 1. The van der Waals surface area contributed by atoms with Crippen molar-refractivity contribution < 1.29 is 14.6 Å². The third-order valence-corrected chi connectivity index (χ3v) is 2.30. The van der Waals surface area contributed by atoms with Crippen LogP contribution < -0.4 is 11.1 Å². The molecule has 76 valence electrons. The molecule has 0 heterocycles. The van der Waals surface area contributed by atoms with Crippen LogP contribution in [0.3, 0.4) is 0 Å². The number of carbonyl (C=O) groups excluding carboxylic acids is 1. The molecule has 5 nitrogen and oxygen atoms in total. The summed E-state index contributed by atoms with van der Waals surface area (Å²) in [6.45, 7) is 0. The average Bonchev–Trinajstić information content (AvgIpc) is 2.11. The topological polar surface area (TPSA) is 84.6 Å². The van der Waals surface area contributed by atoms with Gasteiger partial charge in [-0.15, -0.1) is 0 Å². The fourth-order valence-corrected chi connectivity index (χ4v) is 1.45. The molecule has 1 aliphatic rings. The first-order valence-corrected chi connectivity index (χ1v) is 4.45. The van der Waals surface area contributed by atoms with Crippen molar-refractivity contribution in [3.8, 4) is 0 Å². The maximum absolute atomic E-state index is 10.8. The summed E-state index contributed by atoms with van der Waals surface area (Å²) in [5.74, 6) is 0. The van der Waals surface area contributed by atoms with Crippen LogP contribution in [0.1, 0.15) is 19.3 Å². The van der Waals surface area contributed by atoms with Crippen molar-refractivity contribution in [2.75, 3.05) is 7.05 Å². The van der Waals surface area contributed by atoms with Gasteiger partial charge in [-0.1, -0.05) is 0 Å². The smallest absolute Gasteiger partial charge is 0.407 e. The number of aliphatic hydroxyl groups is 1. The largest absolute Gasteiger partial charge is 0.446 e. The lowest BCUT2D eigenvalue weighted by Crippen LogP contribution is -2.43. The molecule has 4 N–H and O–H groups in total. The zero-order valence-corrected chi connectivity index (χ0v) is 7.69. The van der Waals surface area contributed by atoms with Gasteiger partial charge >= 0.3 is 6.09 Å². The van der Waals surface area contributed by atoms with E-state index >= 15 is 0 Å².